The average Bonchev–Trinajstić information content (AvgIpc) is 2.45. The van der Waals surface area contributed by atoms with E-state index in [1.165, 1.54) is 5.56 Å². The average molecular weight is 308 g/mol. The minimum atomic E-state index is 0.365. The number of benzene rings is 2. The van der Waals surface area contributed by atoms with Gasteiger partial charge in [0.05, 0.1) is 0 Å². The number of hydrogen-bond acceptors (Lipinski definition) is 1. The Kier molecular flexibility index (Phi) is 5.47. The lowest BCUT2D eigenvalue weighted by atomic mass is 10.0. The summed E-state index contributed by atoms with van der Waals surface area (Å²) in [5, 5.41) is 4.83. The fraction of sp³-hybridized carbons (Fsp3) is 0.294. The second-order valence-corrected chi connectivity index (χ2v) is 5.77. The third kappa shape index (κ3) is 3.76. The molecular weight excluding hydrogens is 289 g/mol. The second-order valence-electron chi connectivity index (χ2n) is 4.92. The smallest absolute Gasteiger partial charge is 0.0499 e. The van der Waals surface area contributed by atoms with E-state index in [4.69, 9.17) is 23.2 Å². The third-order valence-corrected chi connectivity index (χ3v) is 3.90. The standard InChI is InChI=1S/C17H19Cl2N/c1-3-10-20-12(2)13-4-6-14(7-5-13)16-9-8-15(18)11-17(16)19/h4-9,11-12,20H,3,10H2,1-2H3. The van der Waals surface area contributed by atoms with Crippen LogP contribution in [0.3, 0.4) is 0 Å². The van der Waals surface area contributed by atoms with Crippen LogP contribution in [-0.4, -0.2) is 6.54 Å². The van der Waals surface area contributed by atoms with E-state index in [0.717, 1.165) is 24.1 Å². The minimum Gasteiger partial charge on any atom is -0.310 e. The van der Waals surface area contributed by atoms with Crippen molar-refractivity contribution in [2.45, 2.75) is 26.3 Å². The lowest BCUT2D eigenvalue weighted by Gasteiger charge is -2.14. The lowest BCUT2D eigenvalue weighted by Crippen LogP contribution is -2.19. The highest BCUT2D eigenvalue weighted by Crippen LogP contribution is 2.30. The molecule has 2 rings (SSSR count). The number of hydrogen-bond donors (Lipinski definition) is 1. The Balaban J connectivity index is 2.19. The van der Waals surface area contributed by atoms with Crippen LogP contribution in [0.5, 0.6) is 0 Å². The minimum absolute atomic E-state index is 0.365. The van der Waals surface area contributed by atoms with Gasteiger partial charge in [-0.15, -0.1) is 0 Å². The predicted molar refractivity (Wildman–Crippen MR) is 88.6 cm³/mol. The first-order valence-corrected chi connectivity index (χ1v) is 7.66. The summed E-state index contributed by atoms with van der Waals surface area (Å²) < 4.78 is 0. The Labute approximate surface area is 130 Å². The molecule has 0 aliphatic heterocycles. The maximum absolute atomic E-state index is 6.24. The molecule has 1 unspecified atom stereocenters. The van der Waals surface area contributed by atoms with Gasteiger partial charge in [0.2, 0.25) is 0 Å². The lowest BCUT2D eigenvalue weighted by molar-refractivity contribution is 0.571. The summed E-state index contributed by atoms with van der Waals surface area (Å²) in [7, 11) is 0. The van der Waals surface area contributed by atoms with Crippen LogP contribution in [0.1, 0.15) is 31.9 Å². The molecule has 0 aromatic heterocycles. The van der Waals surface area contributed by atoms with Crippen molar-refractivity contribution in [3.05, 3.63) is 58.1 Å². The summed E-state index contributed by atoms with van der Waals surface area (Å²) in [5.41, 5.74) is 3.40. The van der Waals surface area contributed by atoms with Gasteiger partial charge in [-0.05, 0) is 43.1 Å². The molecule has 0 fully saturated rings. The molecule has 1 atom stereocenters. The largest absolute Gasteiger partial charge is 0.310 e. The van der Waals surface area contributed by atoms with E-state index in [9.17, 15) is 0 Å². The van der Waals surface area contributed by atoms with E-state index in [2.05, 4.69) is 43.4 Å². The molecule has 0 saturated carbocycles. The molecule has 2 aromatic carbocycles. The summed E-state index contributed by atoms with van der Waals surface area (Å²) in [6, 6.07) is 14.5. The number of nitrogens with one attached hydrogen (secondary N) is 1. The molecule has 0 bridgehead atoms. The van der Waals surface area contributed by atoms with Crippen molar-refractivity contribution in [3.63, 3.8) is 0 Å². The molecular formula is C17H19Cl2N. The summed E-state index contributed by atoms with van der Waals surface area (Å²) in [6.45, 7) is 5.39. The van der Waals surface area contributed by atoms with Crippen LogP contribution in [0.2, 0.25) is 10.0 Å². The van der Waals surface area contributed by atoms with E-state index < -0.39 is 0 Å². The van der Waals surface area contributed by atoms with E-state index >= 15 is 0 Å². The first-order chi connectivity index (χ1) is 9.61. The zero-order chi connectivity index (χ0) is 14.5. The fourth-order valence-corrected chi connectivity index (χ4v) is 2.67. The molecule has 0 spiro atoms. The van der Waals surface area contributed by atoms with Gasteiger partial charge >= 0.3 is 0 Å². The van der Waals surface area contributed by atoms with Gasteiger partial charge in [-0.25, -0.2) is 0 Å². The summed E-state index contributed by atoms with van der Waals surface area (Å²) in [4.78, 5) is 0. The maximum Gasteiger partial charge on any atom is 0.0499 e. The Morgan fingerprint density at radius 1 is 1.05 bits per heavy atom. The zero-order valence-electron chi connectivity index (χ0n) is 11.8. The van der Waals surface area contributed by atoms with Gasteiger partial charge in [0.1, 0.15) is 0 Å². The normalized spacial score (nSPS) is 12.4. The molecule has 0 heterocycles. The molecule has 2 aromatic rings. The second kappa shape index (κ2) is 7.12. The van der Waals surface area contributed by atoms with Crippen LogP contribution in [0, 0.1) is 0 Å². The maximum atomic E-state index is 6.24. The van der Waals surface area contributed by atoms with Crippen LogP contribution in [0.4, 0.5) is 0 Å². The predicted octanol–water partition coefficient (Wildman–Crippen LogP) is 5.72. The topological polar surface area (TPSA) is 12.0 Å². The monoisotopic (exact) mass is 307 g/mol. The Morgan fingerprint density at radius 2 is 1.75 bits per heavy atom. The summed E-state index contributed by atoms with van der Waals surface area (Å²) in [5.74, 6) is 0. The van der Waals surface area contributed by atoms with Crippen LogP contribution in [0.25, 0.3) is 11.1 Å². The number of rotatable bonds is 5. The Bertz CT molecular complexity index is 564. The third-order valence-electron chi connectivity index (χ3n) is 3.35. The molecule has 106 valence electrons. The van der Waals surface area contributed by atoms with Crippen molar-refractivity contribution < 1.29 is 0 Å². The highest BCUT2D eigenvalue weighted by Gasteiger charge is 2.07. The quantitative estimate of drug-likeness (QED) is 0.744. The van der Waals surface area contributed by atoms with E-state index in [0.29, 0.717) is 16.1 Å². The SMILES string of the molecule is CCCNC(C)c1ccc(-c2ccc(Cl)cc2Cl)cc1. The highest BCUT2D eigenvalue weighted by atomic mass is 35.5. The van der Waals surface area contributed by atoms with Crippen LogP contribution in [0.15, 0.2) is 42.5 Å². The van der Waals surface area contributed by atoms with Gasteiger partial charge in [0.15, 0.2) is 0 Å². The van der Waals surface area contributed by atoms with E-state index in [1.807, 2.05) is 12.1 Å². The van der Waals surface area contributed by atoms with Gasteiger partial charge in [0.25, 0.3) is 0 Å². The summed E-state index contributed by atoms with van der Waals surface area (Å²) in [6.07, 6.45) is 1.14. The van der Waals surface area contributed by atoms with Crippen LogP contribution in [-0.2, 0) is 0 Å². The molecule has 0 aliphatic carbocycles. The van der Waals surface area contributed by atoms with Gasteiger partial charge in [-0.2, -0.15) is 0 Å². The van der Waals surface area contributed by atoms with Crippen molar-refractivity contribution >= 4 is 23.2 Å². The fourth-order valence-electron chi connectivity index (χ4n) is 2.15. The number of halogens is 2. The molecule has 0 saturated heterocycles. The van der Waals surface area contributed by atoms with Crippen molar-refractivity contribution in [2.75, 3.05) is 6.54 Å². The molecule has 1 N–H and O–H groups in total. The van der Waals surface area contributed by atoms with Crippen molar-refractivity contribution in [3.8, 4) is 11.1 Å². The van der Waals surface area contributed by atoms with Gasteiger partial charge in [-0.3, -0.25) is 0 Å². The van der Waals surface area contributed by atoms with Crippen molar-refractivity contribution in [1.82, 2.24) is 5.32 Å². The van der Waals surface area contributed by atoms with Crippen LogP contribution < -0.4 is 5.32 Å². The van der Waals surface area contributed by atoms with Gasteiger partial charge in [0, 0.05) is 21.7 Å². The van der Waals surface area contributed by atoms with Gasteiger partial charge < -0.3 is 5.32 Å². The Hall–Kier alpha value is -1.02. The van der Waals surface area contributed by atoms with Gasteiger partial charge in [-0.1, -0.05) is 60.5 Å². The molecule has 0 radical (unpaired) electrons. The Morgan fingerprint density at radius 3 is 2.35 bits per heavy atom. The molecule has 3 heteroatoms. The van der Waals surface area contributed by atoms with Crippen molar-refractivity contribution in [1.29, 1.82) is 0 Å². The summed E-state index contributed by atoms with van der Waals surface area (Å²) >= 11 is 12.2. The first-order valence-electron chi connectivity index (χ1n) is 6.90. The molecule has 1 nitrogen and oxygen atoms in total. The van der Waals surface area contributed by atoms with Crippen molar-refractivity contribution in [2.24, 2.45) is 0 Å². The zero-order valence-corrected chi connectivity index (χ0v) is 13.3. The molecule has 0 amide bonds. The molecule has 0 aliphatic rings. The first kappa shape index (κ1) is 15.4. The van der Waals surface area contributed by atoms with E-state index in [1.54, 1.807) is 6.07 Å². The van der Waals surface area contributed by atoms with Crippen LogP contribution >= 0.6 is 23.2 Å². The molecule has 20 heavy (non-hydrogen) atoms. The highest BCUT2D eigenvalue weighted by molar-refractivity contribution is 6.36. The van der Waals surface area contributed by atoms with E-state index in [-0.39, 0.29) is 0 Å².